The number of hydrogen-bond donors (Lipinski definition) is 1. The number of benzene rings is 1. The lowest BCUT2D eigenvalue weighted by Gasteiger charge is -2.32. The molecule has 1 atom stereocenters. The fourth-order valence-electron chi connectivity index (χ4n) is 3.05. The number of piperidine rings is 1. The molecule has 1 aromatic rings. The molecule has 26 heavy (non-hydrogen) atoms. The van der Waals surface area contributed by atoms with Crippen molar-refractivity contribution in [1.82, 2.24) is 15.1 Å². The minimum Gasteiger partial charge on any atom is -0.450 e. The average Bonchev–Trinajstić information content (AvgIpc) is 2.62. The van der Waals surface area contributed by atoms with E-state index in [1.807, 2.05) is 18.9 Å². The van der Waals surface area contributed by atoms with E-state index in [1.165, 1.54) is 12.1 Å². The van der Waals surface area contributed by atoms with Crippen LogP contribution in [0.2, 0.25) is 0 Å². The highest BCUT2D eigenvalue weighted by molar-refractivity contribution is 5.78. The molecule has 1 aliphatic heterocycles. The van der Waals surface area contributed by atoms with E-state index in [1.54, 1.807) is 24.0 Å². The van der Waals surface area contributed by atoms with Gasteiger partial charge in [-0.15, -0.1) is 0 Å². The predicted molar refractivity (Wildman–Crippen MR) is 97.2 cm³/mol. The first-order chi connectivity index (χ1) is 12.4. The Hall–Kier alpha value is -2.15. The summed E-state index contributed by atoms with van der Waals surface area (Å²) < 4.78 is 18.0. The summed E-state index contributed by atoms with van der Waals surface area (Å²) >= 11 is 0. The van der Waals surface area contributed by atoms with Crippen LogP contribution < -0.4 is 5.32 Å². The van der Waals surface area contributed by atoms with E-state index in [-0.39, 0.29) is 36.4 Å². The van der Waals surface area contributed by atoms with Crippen molar-refractivity contribution in [3.8, 4) is 0 Å². The number of hydrogen-bond acceptors (Lipinski definition) is 4. The summed E-state index contributed by atoms with van der Waals surface area (Å²) in [7, 11) is 1.87. The van der Waals surface area contributed by atoms with Crippen molar-refractivity contribution in [2.75, 3.05) is 33.3 Å². The number of likely N-dealkylation sites (N-methyl/N-ethyl adjacent to an activating group) is 1. The van der Waals surface area contributed by atoms with Crippen molar-refractivity contribution >= 4 is 12.0 Å². The Kier molecular flexibility index (Phi) is 7.38. The number of amides is 2. The Labute approximate surface area is 154 Å². The van der Waals surface area contributed by atoms with Gasteiger partial charge in [0.05, 0.1) is 13.2 Å². The number of ether oxygens (including phenoxy) is 1. The summed E-state index contributed by atoms with van der Waals surface area (Å²) in [6.45, 7) is 5.58. The third kappa shape index (κ3) is 5.69. The maximum atomic E-state index is 13.0. The second-order valence-electron chi connectivity index (χ2n) is 6.67. The highest BCUT2D eigenvalue weighted by Gasteiger charge is 2.25. The number of nitrogens with one attached hydrogen (secondary N) is 1. The van der Waals surface area contributed by atoms with Gasteiger partial charge in [-0.1, -0.05) is 12.1 Å². The third-order valence-electron chi connectivity index (χ3n) is 4.79. The molecule has 0 spiro atoms. The summed E-state index contributed by atoms with van der Waals surface area (Å²) in [5.74, 6) is -0.313. The van der Waals surface area contributed by atoms with Gasteiger partial charge in [0.15, 0.2) is 0 Å². The molecule has 1 aromatic carbocycles. The second kappa shape index (κ2) is 9.52. The fraction of sp³-hybridized carbons (Fsp3) is 0.579. The van der Waals surface area contributed by atoms with E-state index in [0.717, 1.165) is 18.4 Å². The molecular weight excluding hydrogens is 337 g/mol. The highest BCUT2D eigenvalue weighted by Crippen LogP contribution is 2.19. The maximum absolute atomic E-state index is 13.0. The molecule has 7 heteroatoms. The van der Waals surface area contributed by atoms with Crippen LogP contribution in [0.4, 0.5) is 9.18 Å². The van der Waals surface area contributed by atoms with E-state index in [2.05, 4.69) is 5.32 Å². The van der Waals surface area contributed by atoms with E-state index in [4.69, 9.17) is 4.74 Å². The number of carbonyl (C=O) groups excluding carboxylic acids is 2. The summed E-state index contributed by atoms with van der Waals surface area (Å²) in [5.41, 5.74) is 0.962. The molecule has 0 bridgehead atoms. The highest BCUT2D eigenvalue weighted by atomic mass is 19.1. The molecule has 0 aliphatic carbocycles. The van der Waals surface area contributed by atoms with Crippen LogP contribution in [0.15, 0.2) is 24.3 Å². The number of likely N-dealkylation sites (tertiary alicyclic amines) is 1. The Balaban J connectivity index is 1.76. The average molecular weight is 365 g/mol. The summed E-state index contributed by atoms with van der Waals surface area (Å²) in [6, 6.07) is 6.40. The zero-order valence-electron chi connectivity index (χ0n) is 15.7. The lowest BCUT2D eigenvalue weighted by Crippen LogP contribution is -2.48. The van der Waals surface area contributed by atoms with Gasteiger partial charge >= 0.3 is 6.09 Å². The van der Waals surface area contributed by atoms with Crippen molar-refractivity contribution in [3.63, 3.8) is 0 Å². The first-order valence-electron chi connectivity index (χ1n) is 9.07. The van der Waals surface area contributed by atoms with E-state index in [9.17, 15) is 14.0 Å². The first-order valence-corrected chi connectivity index (χ1v) is 9.07. The topological polar surface area (TPSA) is 61.9 Å². The normalized spacial score (nSPS) is 16.4. The van der Waals surface area contributed by atoms with Crippen LogP contribution in [-0.4, -0.2) is 61.1 Å². The molecule has 1 aliphatic rings. The van der Waals surface area contributed by atoms with Crippen LogP contribution in [0, 0.1) is 5.82 Å². The number of carbonyl (C=O) groups is 2. The van der Waals surface area contributed by atoms with Crippen molar-refractivity contribution in [3.05, 3.63) is 35.6 Å². The molecular formula is C19H28FN3O3. The molecule has 1 fully saturated rings. The first kappa shape index (κ1) is 20.2. The van der Waals surface area contributed by atoms with Crippen LogP contribution in [0.25, 0.3) is 0 Å². The summed E-state index contributed by atoms with van der Waals surface area (Å²) in [4.78, 5) is 27.6. The van der Waals surface area contributed by atoms with Gasteiger partial charge in [-0.25, -0.2) is 9.18 Å². The number of rotatable bonds is 6. The SMILES string of the molecule is CCOC(=O)N1CCC(NC(=O)CN(C)C(C)c2ccc(F)cc2)CC1. The van der Waals surface area contributed by atoms with Gasteiger partial charge in [-0.3, -0.25) is 9.69 Å². The fourth-order valence-corrected chi connectivity index (χ4v) is 3.05. The van der Waals surface area contributed by atoms with Gasteiger partial charge < -0.3 is 15.0 Å². The molecule has 6 nitrogen and oxygen atoms in total. The predicted octanol–water partition coefficient (Wildman–Crippen LogP) is 2.56. The minimum absolute atomic E-state index is 0.00649. The third-order valence-corrected chi connectivity index (χ3v) is 4.79. The molecule has 2 amide bonds. The van der Waals surface area contributed by atoms with Gasteiger partial charge in [-0.2, -0.15) is 0 Å². The van der Waals surface area contributed by atoms with Crippen LogP contribution in [-0.2, 0) is 9.53 Å². The monoisotopic (exact) mass is 365 g/mol. The largest absolute Gasteiger partial charge is 0.450 e. The molecule has 2 rings (SSSR count). The molecule has 1 heterocycles. The van der Waals surface area contributed by atoms with Gasteiger partial charge in [-0.05, 0) is 51.4 Å². The van der Waals surface area contributed by atoms with Gasteiger partial charge in [0.1, 0.15) is 5.82 Å². The van der Waals surface area contributed by atoms with Crippen LogP contribution in [0.1, 0.15) is 38.3 Å². The quantitative estimate of drug-likeness (QED) is 0.842. The molecule has 1 N–H and O–H groups in total. The summed E-state index contributed by atoms with van der Waals surface area (Å²) in [6.07, 6.45) is 1.16. The van der Waals surface area contributed by atoms with Crippen LogP contribution in [0.5, 0.6) is 0 Å². The van der Waals surface area contributed by atoms with E-state index < -0.39 is 0 Å². The molecule has 1 saturated heterocycles. The van der Waals surface area contributed by atoms with Gasteiger partial charge in [0, 0.05) is 25.2 Å². The Morgan fingerprint density at radius 2 is 1.92 bits per heavy atom. The minimum atomic E-state index is -0.287. The Morgan fingerprint density at radius 3 is 2.50 bits per heavy atom. The molecule has 0 radical (unpaired) electrons. The lowest BCUT2D eigenvalue weighted by molar-refractivity contribution is -0.123. The number of nitrogens with zero attached hydrogens (tertiary/aromatic N) is 2. The maximum Gasteiger partial charge on any atom is 0.409 e. The van der Waals surface area contributed by atoms with Crippen molar-refractivity contribution < 1.29 is 18.7 Å². The molecule has 1 unspecified atom stereocenters. The lowest BCUT2D eigenvalue weighted by atomic mass is 10.1. The molecule has 0 aromatic heterocycles. The van der Waals surface area contributed by atoms with Gasteiger partial charge in [0.2, 0.25) is 5.91 Å². The van der Waals surface area contributed by atoms with E-state index >= 15 is 0 Å². The standard InChI is InChI=1S/C19H28FN3O3/c1-4-26-19(25)23-11-9-17(10-12-23)21-18(24)13-22(3)14(2)15-5-7-16(20)8-6-15/h5-8,14,17H,4,9-13H2,1-3H3,(H,21,24). The number of halogens is 1. The summed E-state index contributed by atoms with van der Waals surface area (Å²) in [5, 5.41) is 3.04. The van der Waals surface area contributed by atoms with Crippen molar-refractivity contribution in [1.29, 1.82) is 0 Å². The van der Waals surface area contributed by atoms with Crippen LogP contribution >= 0.6 is 0 Å². The van der Waals surface area contributed by atoms with Crippen molar-refractivity contribution in [2.24, 2.45) is 0 Å². The van der Waals surface area contributed by atoms with Crippen LogP contribution in [0.3, 0.4) is 0 Å². The zero-order chi connectivity index (χ0) is 19.1. The zero-order valence-corrected chi connectivity index (χ0v) is 15.7. The molecule has 144 valence electrons. The van der Waals surface area contributed by atoms with E-state index in [0.29, 0.717) is 19.7 Å². The second-order valence-corrected chi connectivity index (χ2v) is 6.67. The Bertz CT molecular complexity index is 601. The van der Waals surface area contributed by atoms with Gasteiger partial charge in [0.25, 0.3) is 0 Å². The Morgan fingerprint density at radius 1 is 1.31 bits per heavy atom. The van der Waals surface area contributed by atoms with Crippen molar-refractivity contribution in [2.45, 2.75) is 38.8 Å². The molecule has 0 saturated carbocycles. The smallest absolute Gasteiger partial charge is 0.409 e.